The lowest BCUT2D eigenvalue weighted by Gasteiger charge is -2.25. The summed E-state index contributed by atoms with van der Waals surface area (Å²) < 4.78 is 0. The molecule has 1 saturated carbocycles. The average molecular weight is 156 g/mol. The van der Waals surface area contributed by atoms with Crippen molar-refractivity contribution in [3.8, 4) is 0 Å². The molecular weight excluding hydrogens is 136 g/mol. The van der Waals surface area contributed by atoms with Gasteiger partial charge in [0.2, 0.25) is 0 Å². The highest BCUT2D eigenvalue weighted by Gasteiger charge is 2.33. The first kappa shape index (κ1) is 9.05. The predicted octanol–water partition coefficient (Wildman–Crippen LogP) is 2.58. The summed E-state index contributed by atoms with van der Waals surface area (Å²) in [6.07, 6.45) is 5.07. The Kier molecular flexibility index (Phi) is 2.58. The van der Waals surface area contributed by atoms with E-state index in [1.54, 1.807) is 0 Å². The van der Waals surface area contributed by atoms with Crippen molar-refractivity contribution in [2.24, 2.45) is 11.8 Å². The van der Waals surface area contributed by atoms with Crippen molar-refractivity contribution >= 4 is 0 Å². The molecule has 2 atom stereocenters. The molecule has 11 heavy (non-hydrogen) atoms. The maximum Gasteiger partial charge on any atom is 0.0619 e. The minimum absolute atomic E-state index is 0.441. The van der Waals surface area contributed by atoms with Crippen LogP contribution in [0.2, 0.25) is 0 Å². The molecule has 1 heteroatoms. The number of hydrogen-bond acceptors (Lipinski definition) is 1. The van der Waals surface area contributed by atoms with E-state index >= 15 is 0 Å². The second kappa shape index (κ2) is 3.14. The highest BCUT2D eigenvalue weighted by molar-refractivity contribution is 4.85. The molecule has 0 amide bonds. The number of rotatable bonds is 2. The molecule has 1 rings (SSSR count). The summed E-state index contributed by atoms with van der Waals surface area (Å²) in [5, 5.41) is 9.73. The Labute approximate surface area is 69.8 Å². The Hall–Kier alpha value is -0.0400. The van der Waals surface area contributed by atoms with Crippen molar-refractivity contribution in [3.63, 3.8) is 0 Å². The summed E-state index contributed by atoms with van der Waals surface area (Å²) in [6.45, 7) is 6.13. The molecule has 1 unspecified atom stereocenters. The Morgan fingerprint density at radius 1 is 1.36 bits per heavy atom. The van der Waals surface area contributed by atoms with Gasteiger partial charge in [0.15, 0.2) is 0 Å². The minimum Gasteiger partial charge on any atom is -0.390 e. The van der Waals surface area contributed by atoms with Gasteiger partial charge < -0.3 is 5.11 Å². The van der Waals surface area contributed by atoms with E-state index in [9.17, 15) is 5.11 Å². The minimum atomic E-state index is -0.441. The Balaban J connectivity index is 2.42. The molecule has 0 aliphatic heterocycles. The van der Waals surface area contributed by atoms with E-state index in [1.807, 2.05) is 13.8 Å². The fraction of sp³-hybridized carbons (Fsp3) is 1.00. The first-order chi connectivity index (χ1) is 5.04. The van der Waals surface area contributed by atoms with Crippen molar-refractivity contribution in [3.05, 3.63) is 0 Å². The third-order valence-electron chi connectivity index (χ3n) is 3.12. The molecule has 0 radical (unpaired) electrons. The van der Waals surface area contributed by atoms with Crippen molar-refractivity contribution in [2.75, 3.05) is 0 Å². The third kappa shape index (κ3) is 2.19. The van der Waals surface area contributed by atoms with Crippen LogP contribution in [0.15, 0.2) is 0 Å². The molecule has 1 nitrogen and oxygen atoms in total. The van der Waals surface area contributed by atoms with Gasteiger partial charge in [-0.15, -0.1) is 0 Å². The Morgan fingerprint density at radius 2 is 2.00 bits per heavy atom. The SMILES string of the molecule is CC[C@@H]1CCC(C(C)(C)O)C1. The molecule has 0 heterocycles. The van der Waals surface area contributed by atoms with Crippen LogP contribution < -0.4 is 0 Å². The largest absolute Gasteiger partial charge is 0.390 e. The summed E-state index contributed by atoms with van der Waals surface area (Å²) in [5.74, 6) is 1.43. The van der Waals surface area contributed by atoms with Crippen LogP contribution in [0.4, 0.5) is 0 Å². The van der Waals surface area contributed by atoms with Crippen LogP contribution in [0.1, 0.15) is 46.5 Å². The normalized spacial score (nSPS) is 32.7. The lowest BCUT2D eigenvalue weighted by Crippen LogP contribution is -2.28. The highest BCUT2D eigenvalue weighted by Crippen LogP contribution is 2.38. The molecule has 1 aliphatic carbocycles. The molecule has 1 fully saturated rings. The van der Waals surface area contributed by atoms with Crippen LogP contribution in [0, 0.1) is 11.8 Å². The third-order valence-corrected chi connectivity index (χ3v) is 3.12. The summed E-state index contributed by atoms with van der Waals surface area (Å²) in [5.41, 5.74) is -0.441. The monoisotopic (exact) mass is 156 g/mol. The first-order valence-electron chi connectivity index (χ1n) is 4.76. The van der Waals surface area contributed by atoms with Gasteiger partial charge >= 0.3 is 0 Å². The van der Waals surface area contributed by atoms with Crippen LogP contribution in [-0.4, -0.2) is 10.7 Å². The van der Waals surface area contributed by atoms with E-state index in [4.69, 9.17) is 0 Å². The lowest BCUT2D eigenvalue weighted by atomic mass is 9.88. The van der Waals surface area contributed by atoms with Crippen LogP contribution in [0.3, 0.4) is 0 Å². The van der Waals surface area contributed by atoms with Crippen molar-refractivity contribution in [1.82, 2.24) is 0 Å². The Bertz CT molecular complexity index is 123. The van der Waals surface area contributed by atoms with Crippen LogP contribution >= 0.6 is 0 Å². The quantitative estimate of drug-likeness (QED) is 0.651. The van der Waals surface area contributed by atoms with Gasteiger partial charge in [0.05, 0.1) is 5.60 Å². The molecule has 1 N–H and O–H groups in total. The highest BCUT2D eigenvalue weighted by atomic mass is 16.3. The lowest BCUT2D eigenvalue weighted by molar-refractivity contribution is 0.0182. The average Bonchev–Trinajstić information content (AvgIpc) is 2.32. The van der Waals surface area contributed by atoms with E-state index in [0.29, 0.717) is 5.92 Å². The van der Waals surface area contributed by atoms with E-state index < -0.39 is 5.60 Å². The summed E-state index contributed by atoms with van der Waals surface area (Å²) in [6, 6.07) is 0. The van der Waals surface area contributed by atoms with Crippen molar-refractivity contribution < 1.29 is 5.11 Å². The Morgan fingerprint density at radius 3 is 2.27 bits per heavy atom. The van der Waals surface area contributed by atoms with E-state index in [-0.39, 0.29) is 0 Å². The topological polar surface area (TPSA) is 20.2 Å². The molecule has 0 bridgehead atoms. The van der Waals surface area contributed by atoms with Crippen LogP contribution in [0.5, 0.6) is 0 Å². The molecule has 1 aliphatic rings. The molecule has 0 saturated heterocycles. The van der Waals surface area contributed by atoms with Gasteiger partial charge in [-0.2, -0.15) is 0 Å². The molecular formula is C10H20O. The number of hydrogen-bond donors (Lipinski definition) is 1. The standard InChI is InChI=1S/C10H20O/c1-4-8-5-6-9(7-8)10(2,3)11/h8-9,11H,4-7H2,1-3H3/t8-,9?/m1/s1. The second-order valence-corrected chi connectivity index (χ2v) is 4.44. The zero-order valence-electron chi connectivity index (χ0n) is 7.93. The smallest absolute Gasteiger partial charge is 0.0619 e. The molecule has 0 spiro atoms. The fourth-order valence-corrected chi connectivity index (χ4v) is 2.09. The van der Waals surface area contributed by atoms with Gasteiger partial charge in [0.1, 0.15) is 0 Å². The van der Waals surface area contributed by atoms with Gasteiger partial charge in [-0.3, -0.25) is 0 Å². The number of aliphatic hydroxyl groups is 1. The van der Waals surface area contributed by atoms with Crippen molar-refractivity contribution in [2.45, 2.75) is 52.1 Å². The molecule has 0 aromatic carbocycles. The zero-order valence-corrected chi connectivity index (χ0v) is 7.93. The van der Waals surface area contributed by atoms with Gasteiger partial charge in [-0.25, -0.2) is 0 Å². The summed E-state index contributed by atoms with van der Waals surface area (Å²) in [4.78, 5) is 0. The van der Waals surface area contributed by atoms with Gasteiger partial charge in [0.25, 0.3) is 0 Å². The predicted molar refractivity (Wildman–Crippen MR) is 47.4 cm³/mol. The van der Waals surface area contributed by atoms with E-state index in [2.05, 4.69) is 6.92 Å². The van der Waals surface area contributed by atoms with Crippen molar-refractivity contribution in [1.29, 1.82) is 0 Å². The van der Waals surface area contributed by atoms with E-state index in [1.165, 1.54) is 25.7 Å². The van der Waals surface area contributed by atoms with E-state index in [0.717, 1.165) is 5.92 Å². The zero-order chi connectivity index (χ0) is 8.48. The maximum atomic E-state index is 9.73. The van der Waals surface area contributed by atoms with Gasteiger partial charge in [-0.1, -0.05) is 19.8 Å². The first-order valence-corrected chi connectivity index (χ1v) is 4.76. The van der Waals surface area contributed by atoms with Gasteiger partial charge in [0, 0.05) is 0 Å². The van der Waals surface area contributed by atoms with Gasteiger partial charge in [-0.05, 0) is 38.5 Å². The second-order valence-electron chi connectivity index (χ2n) is 4.44. The maximum absolute atomic E-state index is 9.73. The van der Waals surface area contributed by atoms with Crippen LogP contribution in [0.25, 0.3) is 0 Å². The molecule has 66 valence electrons. The van der Waals surface area contributed by atoms with Crippen LogP contribution in [-0.2, 0) is 0 Å². The summed E-state index contributed by atoms with van der Waals surface area (Å²) in [7, 11) is 0. The molecule has 0 aromatic rings. The fourth-order valence-electron chi connectivity index (χ4n) is 2.09. The molecule has 0 aromatic heterocycles. The summed E-state index contributed by atoms with van der Waals surface area (Å²) >= 11 is 0.